The number of hydrogen-bond donors (Lipinski definition) is 0. The number of carbonyl (C=O) groups is 2. The zero-order valence-corrected chi connectivity index (χ0v) is 20.3. The van der Waals surface area contributed by atoms with Gasteiger partial charge in [0.15, 0.2) is 0 Å². The van der Waals surface area contributed by atoms with E-state index < -0.39 is 24.6 Å². The third kappa shape index (κ3) is 4.71. The highest BCUT2D eigenvalue weighted by Crippen LogP contribution is 2.45. The molecule has 34 heavy (non-hydrogen) atoms. The van der Waals surface area contributed by atoms with Crippen LogP contribution >= 0.6 is 6.89 Å². The Bertz CT molecular complexity index is 1160. The number of allylic oxidation sites excluding steroid dienone is 1. The molecule has 4 rings (SSSR count). The average Bonchev–Trinajstić information content (AvgIpc) is 2.85. The van der Waals surface area contributed by atoms with E-state index in [1.54, 1.807) is 13.8 Å². The summed E-state index contributed by atoms with van der Waals surface area (Å²) in [6, 6.07) is 30.6. The summed E-state index contributed by atoms with van der Waals surface area (Å²) in [4.78, 5) is 25.2. The second-order valence-electron chi connectivity index (χ2n) is 8.35. The molecule has 0 saturated carbocycles. The first-order chi connectivity index (χ1) is 16.4. The van der Waals surface area contributed by atoms with Gasteiger partial charge in [-0.3, -0.25) is 4.79 Å². The first kappa shape index (κ1) is 23.6. The number of cyclic esters (lactones) is 1. The fourth-order valence-corrected chi connectivity index (χ4v) is 7.88. The van der Waals surface area contributed by atoms with E-state index in [1.165, 1.54) is 7.11 Å². The van der Waals surface area contributed by atoms with Gasteiger partial charge in [-0.15, -0.1) is 0 Å². The minimum absolute atomic E-state index is 0.151. The van der Waals surface area contributed by atoms with Gasteiger partial charge >= 0.3 is 11.9 Å². The highest BCUT2D eigenvalue weighted by atomic mass is 31.2. The van der Waals surface area contributed by atoms with Crippen molar-refractivity contribution in [3.63, 3.8) is 0 Å². The van der Waals surface area contributed by atoms with E-state index in [-0.39, 0.29) is 12.0 Å². The summed E-state index contributed by atoms with van der Waals surface area (Å²) in [6.45, 7) is 0.902. The number of ether oxygens (including phenoxy) is 3. The molecule has 0 amide bonds. The molecule has 0 radical (unpaired) electrons. The highest BCUT2D eigenvalue weighted by Gasteiger charge is 2.38. The number of benzene rings is 3. The van der Waals surface area contributed by atoms with Crippen LogP contribution in [0.1, 0.15) is 20.3 Å². The van der Waals surface area contributed by atoms with Crippen LogP contribution < -0.4 is 15.9 Å². The van der Waals surface area contributed by atoms with E-state index in [2.05, 4.69) is 36.4 Å². The van der Waals surface area contributed by atoms with E-state index in [9.17, 15) is 9.59 Å². The lowest BCUT2D eigenvalue weighted by Gasteiger charge is -2.35. The van der Waals surface area contributed by atoms with E-state index in [1.807, 2.05) is 60.4 Å². The molecule has 3 aromatic rings. The zero-order valence-electron chi connectivity index (χ0n) is 19.4. The third-order valence-corrected chi connectivity index (χ3v) is 9.55. The molecule has 0 spiro atoms. The minimum atomic E-state index is -2.46. The first-order valence-corrected chi connectivity index (χ1v) is 12.9. The second kappa shape index (κ2) is 9.74. The summed E-state index contributed by atoms with van der Waals surface area (Å²) in [5.74, 6) is 0.0800. The van der Waals surface area contributed by atoms with Crippen LogP contribution in [0.2, 0.25) is 0 Å². The quantitative estimate of drug-likeness (QED) is 0.401. The van der Waals surface area contributed by atoms with Gasteiger partial charge in [-0.2, -0.15) is 0 Å². The van der Waals surface area contributed by atoms with Gasteiger partial charge in [0.2, 0.25) is 5.79 Å². The van der Waals surface area contributed by atoms with Crippen LogP contribution in [-0.2, 0) is 23.8 Å². The Labute approximate surface area is 200 Å². The molecule has 1 heterocycles. The Hall–Kier alpha value is -3.56. The molecule has 0 fully saturated rings. The molecule has 3 aromatic carbocycles. The standard InChI is InChI=1S/C28H27O5P/c1-28(2)32-25(24(27(30)33-28)19-26(29)31-3)20-34(21-13-7-4-8-14-21,22-15-9-5-10-16-22)23-17-11-6-12-18-23/h4-18,20H,19H2,1-3H3. The largest absolute Gasteiger partial charge is 0.469 e. The van der Waals surface area contributed by atoms with Gasteiger partial charge in [-0.05, 0) is 28.6 Å². The van der Waals surface area contributed by atoms with Gasteiger partial charge in [0, 0.05) is 13.8 Å². The molecule has 174 valence electrons. The number of methoxy groups -OCH3 is 1. The Morgan fingerprint density at radius 2 is 1.26 bits per heavy atom. The zero-order chi connectivity index (χ0) is 24.2. The van der Waals surface area contributed by atoms with Gasteiger partial charge in [0.05, 0.1) is 19.1 Å². The Kier molecular flexibility index (Phi) is 6.76. The predicted octanol–water partition coefficient (Wildman–Crippen LogP) is 3.91. The lowest BCUT2D eigenvalue weighted by molar-refractivity contribution is -0.204. The number of esters is 2. The highest BCUT2D eigenvalue weighted by molar-refractivity contribution is 7.94. The molecule has 0 atom stereocenters. The predicted molar refractivity (Wildman–Crippen MR) is 136 cm³/mol. The van der Waals surface area contributed by atoms with Crippen molar-refractivity contribution in [3.05, 3.63) is 102 Å². The summed E-state index contributed by atoms with van der Waals surface area (Å²) >= 11 is 0. The van der Waals surface area contributed by atoms with E-state index in [0.29, 0.717) is 5.76 Å². The molecule has 0 aliphatic carbocycles. The topological polar surface area (TPSA) is 61.8 Å². The molecule has 1 aliphatic heterocycles. The maximum atomic E-state index is 13.0. The van der Waals surface area contributed by atoms with Gasteiger partial charge in [0.25, 0.3) is 0 Å². The number of rotatable bonds is 6. The van der Waals surface area contributed by atoms with Crippen molar-refractivity contribution in [2.24, 2.45) is 0 Å². The SMILES string of the molecule is COC(=O)CC1=C(C=P(c2ccccc2)(c2ccccc2)c2ccccc2)OC(C)(C)OC1=O. The monoisotopic (exact) mass is 474 g/mol. The molecule has 0 bridgehead atoms. The lowest BCUT2D eigenvalue weighted by Crippen LogP contribution is -2.39. The molecular formula is C28H27O5P. The van der Waals surface area contributed by atoms with Crippen molar-refractivity contribution in [1.29, 1.82) is 0 Å². The summed E-state index contributed by atoms with van der Waals surface area (Å²) in [7, 11) is 1.29. The summed E-state index contributed by atoms with van der Waals surface area (Å²) in [5, 5.41) is 3.29. The van der Waals surface area contributed by atoms with Crippen LogP contribution in [-0.4, -0.2) is 30.6 Å². The summed E-state index contributed by atoms with van der Waals surface area (Å²) < 4.78 is 16.5. The van der Waals surface area contributed by atoms with Crippen molar-refractivity contribution in [2.45, 2.75) is 26.1 Å². The van der Waals surface area contributed by atoms with Crippen LogP contribution in [0, 0.1) is 0 Å². The van der Waals surface area contributed by atoms with Crippen LogP contribution in [0.15, 0.2) is 102 Å². The minimum Gasteiger partial charge on any atom is -0.469 e. The maximum absolute atomic E-state index is 13.0. The lowest BCUT2D eigenvalue weighted by atomic mass is 10.1. The van der Waals surface area contributed by atoms with Crippen LogP contribution in [0.5, 0.6) is 0 Å². The Balaban J connectivity index is 2.13. The van der Waals surface area contributed by atoms with Crippen molar-refractivity contribution in [1.82, 2.24) is 0 Å². The maximum Gasteiger partial charge on any atom is 0.341 e. The van der Waals surface area contributed by atoms with Gasteiger partial charge < -0.3 is 14.2 Å². The van der Waals surface area contributed by atoms with Crippen molar-refractivity contribution >= 4 is 40.5 Å². The van der Waals surface area contributed by atoms with E-state index in [0.717, 1.165) is 15.9 Å². The number of hydrogen-bond acceptors (Lipinski definition) is 5. The Morgan fingerprint density at radius 1 is 0.824 bits per heavy atom. The fraction of sp³-hybridized carbons (Fsp3) is 0.179. The fourth-order valence-electron chi connectivity index (χ4n) is 4.05. The molecule has 0 N–H and O–H groups in total. The summed E-state index contributed by atoms with van der Waals surface area (Å²) in [5.41, 5.74) is 0.151. The van der Waals surface area contributed by atoms with Gasteiger partial charge in [-0.25, -0.2) is 4.79 Å². The summed E-state index contributed by atoms with van der Waals surface area (Å²) in [6.07, 6.45) is -0.240. The Morgan fingerprint density at radius 3 is 1.68 bits per heavy atom. The molecule has 0 unspecified atom stereocenters. The van der Waals surface area contributed by atoms with Crippen LogP contribution in [0.3, 0.4) is 0 Å². The van der Waals surface area contributed by atoms with E-state index >= 15 is 0 Å². The molecule has 1 aliphatic rings. The third-order valence-electron chi connectivity index (χ3n) is 5.59. The molecule has 5 nitrogen and oxygen atoms in total. The second-order valence-corrected chi connectivity index (χ2v) is 11.6. The average molecular weight is 474 g/mol. The smallest absolute Gasteiger partial charge is 0.341 e. The van der Waals surface area contributed by atoms with Crippen molar-refractivity contribution in [3.8, 4) is 0 Å². The first-order valence-electron chi connectivity index (χ1n) is 11.0. The molecular weight excluding hydrogens is 447 g/mol. The van der Waals surface area contributed by atoms with Gasteiger partial charge in [0.1, 0.15) is 5.76 Å². The van der Waals surface area contributed by atoms with Crippen molar-refractivity contribution in [2.75, 3.05) is 7.11 Å². The number of carbonyl (C=O) groups excluding carboxylic acids is 2. The normalized spacial score (nSPS) is 15.2. The van der Waals surface area contributed by atoms with Gasteiger partial charge in [-0.1, -0.05) is 91.0 Å². The van der Waals surface area contributed by atoms with Crippen LogP contribution in [0.4, 0.5) is 0 Å². The van der Waals surface area contributed by atoms with E-state index in [4.69, 9.17) is 14.2 Å². The molecule has 0 aromatic heterocycles. The molecule has 6 heteroatoms. The van der Waals surface area contributed by atoms with Crippen LogP contribution in [0.25, 0.3) is 0 Å². The van der Waals surface area contributed by atoms with Crippen molar-refractivity contribution < 1.29 is 23.8 Å². The molecule has 0 saturated heterocycles.